The van der Waals surface area contributed by atoms with Gasteiger partial charge in [-0.2, -0.15) is 0 Å². The molecule has 0 aliphatic heterocycles. The molecule has 24 heavy (non-hydrogen) atoms. The Balaban J connectivity index is 2.09. The lowest BCUT2D eigenvalue weighted by molar-refractivity contribution is -0.141. The topological polar surface area (TPSA) is 114 Å². The summed E-state index contributed by atoms with van der Waals surface area (Å²) >= 11 is 0. The lowest BCUT2D eigenvalue weighted by atomic mass is 10.0. The second-order valence-corrected chi connectivity index (χ2v) is 8.02. The first-order chi connectivity index (χ1) is 11.2. The molecule has 1 aromatic heterocycles. The number of carboxylic acids is 1. The Morgan fingerprint density at radius 1 is 1.29 bits per heavy atom. The molecule has 0 saturated heterocycles. The molecule has 1 heterocycles. The van der Waals surface area contributed by atoms with E-state index in [0.29, 0.717) is 16.9 Å². The number of aliphatic carboxylic acids is 1. The second-order valence-electron chi connectivity index (χ2n) is 5.65. The number of anilines is 1. The predicted octanol–water partition coefficient (Wildman–Crippen LogP) is 2.52. The Hall–Kier alpha value is -2.24. The van der Waals surface area contributed by atoms with Gasteiger partial charge in [-0.25, -0.2) is 9.37 Å². The van der Waals surface area contributed by atoms with E-state index in [0.717, 1.165) is 0 Å². The van der Waals surface area contributed by atoms with Crippen LogP contribution in [0.2, 0.25) is 0 Å². The molecule has 0 spiro atoms. The molecule has 8 heteroatoms. The lowest BCUT2D eigenvalue weighted by Gasteiger charge is -2.17. The number of halogens is 1. The largest absolute Gasteiger partial charge is 0.481 e. The number of benzene rings is 1. The molecule has 2 atom stereocenters. The van der Waals surface area contributed by atoms with Crippen molar-refractivity contribution in [3.8, 4) is 0 Å². The zero-order valence-electron chi connectivity index (χ0n) is 12.8. The number of nitrogen functional groups attached to an aromatic ring is 1. The fraction of sp³-hybridized carbons (Fsp3) is 0.250. The van der Waals surface area contributed by atoms with Crippen molar-refractivity contribution < 1.29 is 23.7 Å². The Morgan fingerprint density at radius 2 is 2.04 bits per heavy atom. The zero-order chi connectivity index (χ0) is 17.7. The van der Waals surface area contributed by atoms with Crippen LogP contribution in [0.3, 0.4) is 0 Å². The molecule has 1 aromatic carbocycles. The Kier molecular flexibility index (Phi) is 5.70. The van der Waals surface area contributed by atoms with Crippen LogP contribution in [-0.2, 0) is 21.9 Å². The fourth-order valence-electron chi connectivity index (χ4n) is 2.40. The van der Waals surface area contributed by atoms with Crippen LogP contribution in [0.4, 0.5) is 10.2 Å². The van der Waals surface area contributed by atoms with Crippen molar-refractivity contribution in [3.05, 3.63) is 59.5 Å². The van der Waals surface area contributed by atoms with Gasteiger partial charge in [0.05, 0.1) is 5.92 Å². The van der Waals surface area contributed by atoms with Crippen molar-refractivity contribution in [1.29, 1.82) is 0 Å². The van der Waals surface area contributed by atoms with Gasteiger partial charge in [0.15, 0.2) is 0 Å². The molecule has 0 amide bonds. The number of carboxylic acid groups (broad SMARTS) is 1. The van der Waals surface area contributed by atoms with E-state index in [1.807, 2.05) is 0 Å². The maximum absolute atomic E-state index is 13.2. The molecule has 0 aliphatic rings. The van der Waals surface area contributed by atoms with Gasteiger partial charge in [-0.15, -0.1) is 0 Å². The number of nitrogens with two attached hydrogens (primary N) is 1. The molecule has 2 unspecified atom stereocenters. The van der Waals surface area contributed by atoms with Crippen LogP contribution in [-0.4, -0.2) is 27.1 Å². The minimum atomic E-state index is -3.78. The van der Waals surface area contributed by atoms with Crippen molar-refractivity contribution in [2.24, 2.45) is 5.92 Å². The first kappa shape index (κ1) is 18.1. The van der Waals surface area contributed by atoms with E-state index in [1.165, 1.54) is 30.5 Å². The van der Waals surface area contributed by atoms with Crippen LogP contribution in [0.15, 0.2) is 42.6 Å². The van der Waals surface area contributed by atoms with Gasteiger partial charge in [0, 0.05) is 18.5 Å². The van der Waals surface area contributed by atoms with Crippen LogP contribution >= 0.6 is 7.37 Å². The lowest BCUT2D eigenvalue weighted by Crippen LogP contribution is -2.21. The van der Waals surface area contributed by atoms with E-state index in [4.69, 9.17) is 5.73 Å². The SMILES string of the molecule is Nc1ccc(CC(CP(=O)(O)Cc2cccc(F)c2)C(=O)O)cn1. The van der Waals surface area contributed by atoms with Gasteiger partial charge in [0.25, 0.3) is 0 Å². The number of aromatic nitrogens is 1. The molecule has 0 bridgehead atoms. The van der Waals surface area contributed by atoms with Crippen LogP contribution in [0.25, 0.3) is 0 Å². The number of hydrogen-bond donors (Lipinski definition) is 3. The van der Waals surface area contributed by atoms with E-state index in [2.05, 4.69) is 4.98 Å². The highest BCUT2D eigenvalue weighted by Crippen LogP contribution is 2.46. The van der Waals surface area contributed by atoms with Crippen LogP contribution in [0.5, 0.6) is 0 Å². The van der Waals surface area contributed by atoms with Gasteiger partial charge in [-0.1, -0.05) is 18.2 Å². The van der Waals surface area contributed by atoms with Gasteiger partial charge in [-0.3, -0.25) is 9.36 Å². The Bertz CT molecular complexity index is 767. The van der Waals surface area contributed by atoms with Gasteiger partial charge in [0.1, 0.15) is 11.6 Å². The number of nitrogens with zero attached hydrogens (tertiary/aromatic N) is 1. The smallest absolute Gasteiger partial charge is 0.307 e. The van der Waals surface area contributed by atoms with E-state index in [9.17, 15) is 23.7 Å². The second kappa shape index (κ2) is 7.55. The summed E-state index contributed by atoms with van der Waals surface area (Å²) in [6, 6.07) is 8.56. The summed E-state index contributed by atoms with van der Waals surface area (Å²) in [5, 5.41) is 9.33. The molecule has 128 valence electrons. The number of carbonyl (C=O) groups is 1. The number of pyridine rings is 1. The van der Waals surface area contributed by atoms with Crippen molar-refractivity contribution >= 4 is 19.2 Å². The predicted molar refractivity (Wildman–Crippen MR) is 88.3 cm³/mol. The standard InChI is InChI=1S/C16H18FN2O4P/c17-14-3-1-2-12(7-14)9-24(22,23)10-13(16(20)21)6-11-4-5-15(18)19-8-11/h1-5,7-8,13H,6,9-10H2,(H2,18,19)(H,20,21)(H,22,23). The van der Waals surface area contributed by atoms with Gasteiger partial charge in [-0.05, 0) is 35.7 Å². The third-order valence-corrected chi connectivity index (χ3v) is 5.37. The van der Waals surface area contributed by atoms with Crippen molar-refractivity contribution in [2.45, 2.75) is 12.6 Å². The molecule has 2 aromatic rings. The zero-order valence-corrected chi connectivity index (χ0v) is 13.7. The summed E-state index contributed by atoms with van der Waals surface area (Å²) < 4.78 is 25.6. The number of rotatable bonds is 7. The highest BCUT2D eigenvalue weighted by atomic mass is 31.2. The Labute approximate surface area is 138 Å². The molecule has 0 saturated carbocycles. The van der Waals surface area contributed by atoms with Crippen LogP contribution < -0.4 is 5.73 Å². The molecular formula is C16H18FN2O4P. The first-order valence-electron chi connectivity index (χ1n) is 7.24. The van der Waals surface area contributed by atoms with Gasteiger partial charge >= 0.3 is 5.97 Å². The van der Waals surface area contributed by atoms with Crippen molar-refractivity contribution in [3.63, 3.8) is 0 Å². The van der Waals surface area contributed by atoms with Crippen molar-refractivity contribution in [2.75, 3.05) is 11.9 Å². The third-order valence-electron chi connectivity index (χ3n) is 3.50. The maximum Gasteiger partial charge on any atom is 0.307 e. The third kappa shape index (κ3) is 5.44. The normalized spacial score (nSPS) is 14.8. The van der Waals surface area contributed by atoms with E-state index in [1.54, 1.807) is 12.1 Å². The Morgan fingerprint density at radius 3 is 2.62 bits per heavy atom. The molecule has 2 rings (SSSR count). The summed E-state index contributed by atoms with van der Waals surface area (Å²) in [5.41, 5.74) is 6.45. The summed E-state index contributed by atoms with van der Waals surface area (Å²) in [6.45, 7) is 0. The summed E-state index contributed by atoms with van der Waals surface area (Å²) in [7, 11) is -3.78. The molecule has 0 fully saturated rings. The average Bonchev–Trinajstić information content (AvgIpc) is 2.48. The van der Waals surface area contributed by atoms with E-state index < -0.39 is 31.2 Å². The minimum Gasteiger partial charge on any atom is -0.481 e. The van der Waals surface area contributed by atoms with E-state index in [-0.39, 0.29) is 12.6 Å². The maximum atomic E-state index is 13.2. The summed E-state index contributed by atoms with van der Waals surface area (Å²) in [5.74, 6) is -2.40. The average molecular weight is 352 g/mol. The van der Waals surface area contributed by atoms with Crippen LogP contribution in [0, 0.1) is 11.7 Å². The van der Waals surface area contributed by atoms with E-state index >= 15 is 0 Å². The molecule has 0 aliphatic carbocycles. The molecular weight excluding hydrogens is 334 g/mol. The van der Waals surface area contributed by atoms with Crippen LogP contribution in [0.1, 0.15) is 11.1 Å². The number of hydrogen-bond acceptors (Lipinski definition) is 4. The molecule has 0 radical (unpaired) electrons. The van der Waals surface area contributed by atoms with Crippen molar-refractivity contribution in [1.82, 2.24) is 4.98 Å². The fourth-order valence-corrected chi connectivity index (χ4v) is 4.27. The first-order valence-corrected chi connectivity index (χ1v) is 9.27. The highest BCUT2D eigenvalue weighted by molar-refractivity contribution is 7.57. The quantitative estimate of drug-likeness (QED) is 0.660. The summed E-state index contributed by atoms with van der Waals surface area (Å²) in [6.07, 6.45) is 0.841. The molecule has 6 nitrogen and oxygen atoms in total. The summed E-state index contributed by atoms with van der Waals surface area (Å²) in [4.78, 5) is 25.4. The molecule has 4 N–H and O–H groups in total. The highest BCUT2D eigenvalue weighted by Gasteiger charge is 2.29. The monoisotopic (exact) mass is 352 g/mol. The van der Waals surface area contributed by atoms with Gasteiger partial charge in [0.2, 0.25) is 7.37 Å². The minimum absolute atomic E-state index is 0.0658. The van der Waals surface area contributed by atoms with Gasteiger partial charge < -0.3 is 15.7 Å².